The molecule has 0 spiro atoms. The zero-order valence-electron chi connectivity index (χ0n) is 7.66. The fraction of sp³-hybridized carbons (Fsp3) is 1.00. The Balaban J connectivity index is 2.12. The molecule has 4 nitrogen and oxygen atoms in total. The van der Waals surface area contributed by atoms with Gasteiger partial charge < -0.3 is 4.90 Å². The van der Waals surface area contributed by atoms with Crippen molar-refractivity contribution in [3.63, 3.8) is 0 Å². The van der Waals surface area contributed by atoms with Crippen molar-refractivity contribution in [2.75, 3.05) is 24.8 Å². The van der Waals surface area contributed by atoms with Crippen LogP contribution in [0.15, 0.2) is 0 Å². The normalized spacial score (nSPS) is 18.1. The van der Waals surface area contributed by atoms with Crippen LogP contribution in [0.2, 0.25) is 0 Å². The number of nitrogens with one attached hydrogen (secondary N) is 1. The second-order valence-corrected chi connectivity index (χ2v) is 6.44. The van der Waals surface area contributed by atoms with Crippen molar-refractivity contribution < 1.29 is 8.42 Å². The Hall–Kier alpha value is 0.350. The minimum atomic E-state index is -3.08. The molecular weight excluding hydrogens is 256 g/mol. The van der Waals surface area contributed by atoms with Crippen LogP contribution in [0.3, 0.4) is 0 Å². The van der Waals surface area contributed by atoms with Crippen LogP contribution in [0.25, 0.3) is 0 Å². The van der Waals surface area contributed by atoms with Gasteiger partial charge in [-0.05, 0) is 19.9 Å². The maximum atomic E-state index is 11.0. The molecule has 0 amide bonds. The second kappa shape index (κ2) is 4.72. The summed E-state index contributed by atoms with van der Waals surface area (Å²) in [6, 6.07) is 0.688. The zero-order chi connectivity index (χ0) is 9.90. The number of rotatable bonds is 6. The molecule has 1 aliphatic rings. The maximum Gasteiger partial charge on any atom is 0.221 e. The minimum absolute atomic E-state index is 0.0207. The van der Waals surface area contributed by atoms with Crippen LogP contribution >= 0.6 is 15.9 Å². The first kappa shape index (κ1) is 11.4. The van der Waals surface area contributed by atoms with Gasteiger partial charge in [0, 0.05) is 19.1 Å². The lowest BCUT2D eigenvalue weighted by Crippen LogP contribution is -2.34. The molecule has 0 bridgehead atoms. The molecule has 0 aromatic carbocycles. The molecule has 1 saturated carbocycles. The fourth-order valence-electron chi connectivity index (χ4n) is 1.11. The van der Waals surface area contributed by atoms with E-state index in [4.69, 9.17) is 0 Å². The molecule has 1 rings (SSSR count). The molecule has 13 heavy (non-hydrogen) atoms. The Labute approximate surface area is 87.9 Å². The van der Waals surface area contributed by atoms with Crippen molar-refractivity contribution in [3.05, 3.63) is 0 Å². The van der Waals surface area contributed by atoms with E-state index in [1.54, 1.807) is 0 Å². The molecule has 0 unspecified atom stereocenters. The lowest BCUT2D eigenvalue weighted by molar-refractivity contribution is 0.329. The van der Waals surface area contributed by atoms with Crippen molar-refractivity contribution in [2.24, 2.45) is 0 Å². The highest BCUT2D eigenvalue weighted by molar-refractivity contribution is 9.10. The number of sulfonamides is 1. The van der Waals surface area contributed by atoms with Crippen LogP contribution < -0.4 is 4.72 Å². The molecule has 78 valence electrons. The highest BCUT2D eigenvalue weighted by atomic mass is 79.9. The van der Waals surface area contributed by atoms with Gasteiger partial charge in [0.15, 0.2) is 0 Å². The molecule has 0 aliphatic heterocycles. The van der Waals surface area contributed by atoms with Crippen LogP contribution in [0.5, 0.6) is 0 Å². The lowest BCUT2D eigenvalue weighted by atomic mass is 10.5. The Bertz CT molecular complexity index is 251. The molecule has 0 atom stereocenters. The summed E-state index contributed by atoms with van der Waals surface area (Å²) in [4.78, 5) is 2.19. The van der Waals surface area contributed by atoms with Gasteiger partial charge in [0.1, 0.15) is 4.66 Å². The van der Waals surface area contributed by atoms with Crippen molar-refractivity contribution in [1.29, 1.82) is 0 Å². The molecule has 0 heterocycles. The summed E-state index contributed by atoms with van der Waals surface area (Å²) in [5.74, 6) is 0. The van der Waals surface area contributed by atoms with Gasteiger partial charge in [0.25, 0.3) is 0 Å². The van der Waals surface area contributed by atoms with E-state index in [2.05, 4.69) is 25.6 Å². The van der Waals surface area contributed by atoms with E-state index in [1.807, 2.05) is 7.05 Å². The summed E-state index contributed by atoms with van der Waals surface area (Å²) in [6.45, 7) is 1.29. The van der Waals surface area contributed by atoms with Gasteiger partial charge in [-0.1, -0.05) is 15.9 Å². The number of alkyl halides is 1. The first-order valence-corrected chi connectivity index (χ1v) is 7.06. The van der Waals surface area contributed by atoms with Gasteiger partial charge in [-0.3, -0.25) is 0 Å². The summed E-state index contributed by atoms with van der Waals surface area (Å²) >= 11 is 2.92. The highest BCUT2D eigenvalue weighted by Gasteiger charge is 2.25. The number of hydrogen-bond acceptors (Lipinski definition) is 3. The monoisotopic (exact) mass is 270 g/mol. The van der Waals surface area contributed by atoms with Gasteiger partial charge in [-0.2, -0.15) is 0 Å². The largest absolute Gasteiger partial charge is 0.302 e. The third-order valence-corrected chi connectivity index (χ3v) is 4.84. The maximum absolute atomic E-state index is 11.0. The van der Waals surface area contributed by atoms with E-state index < -0.39 is 10.0 Å². The quantitative estimate of drug-likeness (QED) is 0.709. The first-order chi connectivity index (χ1) is 6.05. The summed E-state index contributed by atoms with van der Waals surface area (Å²) in [7, 11) is -1.05. The van der Waals surface area contributed by atoms with E-state index in [0.717, 1.165) is 6.54 Å². The van der Waals surface area contributed by atoms with E-state index in [1.165, 1.54) is 12.8 Å². The molecular formula is C7H15BrN2O2S. The van der Waals surface area contributed by atoms with Crippen molar-refractivity contribution in [2.45, 2.75) is 18.9 Å². The smallest absolute Gasteiger partial charge is 0.221 e. The van der Waals surface area contributed by atoms with E-state index in [-0.39, 0.29) is 4.66 Å². The molecule has 1 aliphatic carbocycles. The Morgan fingerprint density at radius 3 is 2.62 bits per heavy atom. The molecule has 1 N–H and O–H groups in total. The van der Waals surface area contributed by atoms with Gasteiger partial charge in [0.05, 0.1) is 0 Å². The average Bonchev–Trinajstić information content (AvgIpc) is 2.86. The van der Waals surface area contributed by atoms with Gasteiger partial charge >= 0.3 is 0 Å². The standard InChI is InChI=1S/C7H15BrN2O2S/c1-10(7-2-3-7)5-4-9-13(11,12)6-8/h7,9H,2-6H2,1H3. The first-order valence-electron chi connectivity index (χ1n) is 4.29. The van der Waals surface area contributed by atoms with Gasteiger partial charge in [-0.25, -0.2) is 13.1 Å². The molecule has 6 heteroatoms. The average molecular weight is 271 g/mol. The van der Waals surface area contributed by atoms with Crippen LogP contribution in [0.1, 0.15) is 12.8 Å². The number of nitrogens with zero attached hydrogens (tertiary/aromatic N) is 1. The van der Waals surface area contributed by atoms with E-state index >= 15 is 0 Å². The third-order valence-electron chi connectivity index (χ3n) is 2.10. The fourth-order valence-corrected chi connectivity index (χ4v) is 2.08. The van der Waals surface area contributed by atoms with Crippen LogP contribution in [0, 0.1) is 0 Å². The molecule has 0 saturated heterocycles. The predicted molar refractivity (Wildman–Crippen MR) is 56.4 cm³/mol. The Morgan fingerprint density at radius 2 is 2.15 bits per heavy atom. The third kappa shape index (κ3) is 4.39. The van der Waals surface area contributed by atoms with E-state index in [9.17, 15) is 8.42 Å². The van der Waals surface area contributed by atoms with Crippen LogP contribution in [-0.2, 0) is 10.0 Å². The second-order valence-electron chi connectivity index (χ2n) is 3.33. The summed E-state index contributed by atoms with van der Waals surface area (Å²) < 4.78 is 24.5. The van der Waals surface area contributed by atoms with E-state index in [0.29, 0.717) is 12.6 Å². The predicted octanol–water partition coefficient (Wildman–Crippen LogP) is 0.352. The number of hydrogen-bond donors (Lipinski definition) is 1. The Kier molecular flexibility index (Phi) is 4.15. The van der Waals surface area contributed by atoms with Crippen LogP contribution in [-0.4, -0.2) is 44.2 Å². The molecule has 0 aromatic rings. The van der Waals surface area contributed by atoms with Gasteiger partial charge in [0.2, 0.25) is 10.0 Å². The number of halogens is 1. The molecule has 1 fully saturated rings. The molecule has 0 aromatic heterocycles. The number of likely N-dealkylation sites (N-methyl/N-ethyl adjacent to an activating group) is 1. The van der Waals surface area contributed by atoms with Crippen LogP contribution in [0.4, 0.5) is 0 Å². The topological polar surface area (TPSA) is 49.4 Å². The molecule has 0 radical (unpaired) electrons. The Morgan fingerprint density at radius 1 is 1.54 bits per heavy atom. The lowest BCUT2D eigenvalue weighted by Gasteiger charge is -2.15. The minimum Gasteiger partial charge on any atom is -0.302 e. The van der Waals surface area contributed by atoms with Crippen molar-refractivity contribution >= 4 is 26.0 Å². The highest BCUT2D eigenvalue weighted by Crippen LogP contribution is 2.24. The SMILES string of the molecule is CN(CCNS(=O)(=O)CBr)C1CC1. The summed E-state index contributed by atoms with van der Waals surface area (Å²) in [5.41, 5.74) is 0. The summed E-state index contributed by atoms with van der Waals surface area (Å²) in [5, 5.41) is 0. The van der Waals surface area contributed by atoms with Crippen molar-refractivity contribution in [3.8, 4) is 0 Å². The van der Waals surface area contributed by atoms with Gasteiger partial charge in [-0.15, -0.1) is 0 Å². The zero-order valence-corrected chi connectivity index (χ0v) is 10.1. The van der Waals surface area contributed by atoms with Crippen molar-refractivity contribution in [1.82, 2.24) is 9.62 Å². The summed E-state index contributed by atoms with van der Waals surface area (Å²) in [6.07, 6.45) is 2.50.